The molecule has 1 aliphatic rings. The number of carboxylic acid groups (broad SMARTS) is 1. The number of thiophene rings is 1. The van der Waals surface area contributed by atoms with Crippen LogP contribution in [0.5, 0.6) is 0 Å². The number of morpholine rings is 1. The number of benzene rings is 1. The standard InChI is InChI=1S/C18H18ClN3O4S/c19-17-14(10-13(27-17)11-22-6-8-26-9-7-22)16(23)15(18(24)25)21-20-12-4-2-1-3-5-12/h1-5,10,23H,6-9,11H2,(H,24,25)/b16-15+,21-20?. The molecular weight excluding hydrogens is 390 g/mol. The van der Waals surface area contributed by atoms with Crippen LogP contribution in [0.3, 0.4) is 0 Å². The highest BCUT2D eigenvalue weighted by Crippen LogP contribution is 2.34. The van der Waals surface area contributed by atoms with Gasteiger partial charge in [0, 0.05) is 30.1 Å². The summed E-state index contributed by atoms with van der Waals surface area (Å²) < 4.78 is 5.64. The number of nitrogens with zero attached hydrogens (tertiary/aromatic N) is 3. The minimum Gasteiger partial charge on any atom is -0.505 e. The Morgan fingerprint density at radius 1 is 1.22 bits per heavy atom. The number of azo groups is 1. The number of halogens is 1. The van der Waals surface area contributed by atoms with Crippen LogP contribution in [0.25, 0.3) is 5.76 Å². The van der Waals surface area contributed by atoms with Crippen LogP contribution in [0.4, 0.5) is 5.69 Å². The zero-order valence-corrected chi connectivity index (χ0v) is 15.9. The van der Waals surface area contributed by atoms with Crippen molar-refractivity contribution in [2.75, 3.05) is 26.3 Å². The second-order valence-corrected chi connectivity index (χ2v) is 7.57. The Balaban J connectivity index is 1.85. The van der Waals surface area contributed by atoms with Gasteiger partial charge in [-0.25, -0.2) is 4.79 Å². The number of aliphatic hydroxyl groups excluding tert-OH is 1. The average Bonchev–Trinajstić information content (AvgIpc) is 3.03. The molecule has 9 heteroatoms. The summed E-state index contributed by atoms with van der Waals surface area (Å²) in [5.74, 6) is -1.89. The lowest BCUT2D eigenvalue weighted by Gasteiger charge is -2.25. The summed E-state index contributed by atoms with van der Waals surface area (Å²) in [6, 6.07) is 10.4. The number of hydrogen-bond donors (Lipinski definition) is 2. The Bertz CT molecular complexity index is 861. The number of carbonyl (C=O) groups is 1. The highest BCUT2D eigenvalue weighted by Gasteiger charge is 2.21. The molecule has 2 N–H and O–H groups in total. The summed E-state index contributed by atoms with van der Waals surface area (Å²) in [6.45, 7) is 3.66. The van der Waals surface area contributed by atoms with E-state index in [1.54, 1.807) is 30.3 Å². The van der Waals surface area contributed by atoms with E-state index in [4.69, 9.17) is 16.3 Å². The van der Waals surface area contributed by atoms with Crippen molar-refractivity contribution in [1.29, 1.82) is 0 Å². The van der Waals surface area contributed by atoms with Crippen molar-refractivity contribution in [3.05, 3.63) is 56.9 Å². The van der Waals surface area contributed by atoms with Crippen LogP contribution >= 0.6 is 22.9 Å². The van der Waals surface area contributed by atoms with Crippen LogP contribution in [0.15, 0.2) is 52.3 Å². The molecule has 1 aromatic carbocycles. The molecule has 3 rings (SSSR count). The number of rotatable bonds is 6. The predicted octanol–water partition coefficient (Wildman–Crippen LogP) is 4.33. The molecule has 7 nitrogen and oxygen atoms in total. The maximum absolute atomic E-state index is 11.5. The van der Waals surface area contributed by atoms with Crippen molar-refractivity contribution in [2.24, 2.45) is 10.2 Å². The first-order valence-corrected chi connectivity index (χ1v) is 9.46. The minimum atomic E-state index is -1.39. The van der Waals surface area contributed by atoms with Gasteiger partial charge in [0.1, 0.15) is 4.34 Å². The monoisotopic (exact) mass is 407 g/mol. The van der Waals surface area contributed by atoms with Crippen LogP contribution in [-0.4, -0.2) is 47.4 Å². The Kier molecular flexibility index (Phi) is 6.57. The Hall–Kier alpha value is -2.26. The van der Waals surface area contributed by atoms with Crippen LogP contribution in [0.1, 0.15) is 10.4 Å². The van der Waals surface area contributed by atoms with E-state index in [0.29, 0.717) is 29.8 Å². The van der Waals surface area contributed by atoms with Gasteiger partial charge in [-0.05, 0) is 18.2 Å². The molecule has 0 bridgehead atoms. The van der Waals surface area contributed by atoms with Crippen LogP contribution in [0, 0.1) is 0 Å². The van der Waals surface area contributed by atoms with Crippen molar-refractivity contribution >= 4 is 40.4 Å². The first-order chi connectivity index (χ1) is 13.0. The van der Waals surface area contributed by atoms with Crippen molar-refractivity contribution in [3.8, 4) is 0 Å². The van der Waals surface area contributed by atoms with Crippen molar-refractivity contribution < 1.29 is 19.7 Å². The fraction of sp³-hybridized carbons (Fsp3) is 0.278. The average molecular weight is 408 g/mol. The van der Waals surface area contributed by atoms with E-state index in [1.165, 1.54) is 11.3 Å². The molecule has 0 saturated carbocycles. The third kappa shape index (κ3) is 5.14. The lowest BCUT2D eigenvalue weighted by Crippen LogP contribution is -2.35. The quantitative estimate of drug-likeness (QED) is 0.422. The van der Waals surface area contributed by atoms with E-state index in [2.05, 4.69) is 15.1 Å². The Morgan fingerprint density at radius 2 is 1.93 bits per heavy atom. The fourth-order valence-electron chi connectivity index (χ4n) is 2.56. The molecule has 1 aliphatic heterocycles. The molecule has 1 fully saturated rings. The summed E-state index contributed by atoms with van der Waals surface area (Å²) in [4.78, 5) is 14.7. The topological polar surface area (TPSA) is 94.7 Å². The molecular formula is C18H18ClN3O4S. The number of aliphatic carboxylic acids is 1. The van der Waals surface area contributed by atoms with Crippen LogP contribution in [-0.2, 0) is 16.1 Å². The fourth-order valence-corrected chi connectivity index (χ4v) is 3.92. The van der Waals surface area contributed by atoms with E-state index in [9.17, 15) is 15.0 Å². The maximum Gasteiger partial charge on any atom is 0.360 e. The van der Waals surface area contributed by atoms with Gasteiger partial charge in [0.2, 0.25) is 5.70 Å². The van der Waals surface area contributed by atoms with Crippen LogP contribution < -0.4 is 0 Å². The predicted molar refractivity (Wildman–Crippen MR) is 104 cm³/mol. The van der Waals surface area contributed by atoms with Gasteiger partial charge >= 0.3 is 5.97 Å². The van der Waals surface area contributed by atoms with Gasteiger partial charge in [-0.2, -0.15) is 5.11 Å². The van der Waals surface area contributed by atoms with Crippen LogP contribution in [0.2, 0.25) is 4.34 Å². The van der Waals surface area contributed by atoms with Crippen molar-refractivity contribution in [3.63, 3.8) is 0 Å². The second-order valence-electron chi connectivity index (χ2n) is 5.83. The molecule has 0 radical (unpaired) electrons. The van der Waals surface area contributed by atoms with Gasteiger partial charge in [0.25, 0.3) is 0 Å². The zero-order valence-electron chi connectivity index (χ0n) is 14.3. The van der Waals surface area contributed by atoms with Gasteiger partial charge in [-0.3, -0.25) is 4.90 Å². The van der Waals surface area contributed by atoms with Gasteiger partial charge in [-0.1, -0.05) is 29.8 Å². The summed E-state index contributed by atoms with van der Waals surface area (Å²) in [7, 11) is 0. The molecule has 142 valence electrons. The number of ether oxygens (including phenoxy) is 1. The van der Waals surface area contributed by atoms with E-state index in [-0.39, 0.29) is 5.56 Å². The summed E-state index contributed by atoms with van der Waals surface area (Å²) in [5, 5.41) is 27.4. The first-order valence-electron chi connectivity index (χ1n) is 8.26. The Morgan fingerprint density at radius 3 is 2.59 bits per heavy atom. The number of hydrogen-bond acceptors (Lipinski definition) is 7. The molecule has 1 saturated heterocycles. The zero-order chi connectivity index (χ0) is 19.2. The number of carboxylic acids is 1. The molecule has 27 heavy (non-hydrogen) atoms. The largest absolute Gasteiger partial charge is 0.505 e. The molecule has 0 spiro atoms. The molecule has 0 aliphatic carbocycles. The van der Waals surface area contributed by atoms with E-state index in [0.717, 1.165) is 18.0 Å². The van der Waals surface area contributed by atoms with Gasteiger partial charge < -0.3 is 14.9 Å². The molecule has 2 heterocycles. The summed E-state index contributed by atoms with van der Waals surface area (Å²) in [5.41, 5.74) is 0.166. The van der Waals surface area contributed by atoms with E-state index >= 15 is 0 Å². The molecule has 2 aromatic rings. The second kappa shape index (κ2) is 9.09. The summed E-state index contributed by atoms with van der Waals surface area (Å²) in [6.07, 6.45) is 0. The minimum absolute atomic E-state index is 0.245. The van der Waals surface area contributed by atoms with Gasteiger partial charge in [-0.15, -0.1) is 16.5 Å². The lowest BCUT2D eigenvalue weighted by molar-refractivity contribution is -0.132. The van der Waals surface area contributed by atoms with E-state index in [1.807, 2.05) is 6.07 Å². The molecule has 0 unspecified atom stereocenters. The van der Waals surface area contributed by atoms with E-state index < -0.39 is 17.4 Å². The summed E-state index contributed by atoms with van der Waals surface area (Å²) >= 11 is 7.54. The van der Waals surface area contributed by atoms with Crippen molar-refractivity contribution in [1.82, 2.24) is 4.90 Å². The smallest absolute Gasteiger partial charge is 0.360 e. The van der Waals surface area contributed by atoms with Gasteiger partial charge in [0.05, 0.1) is 18.9 Å². The SMILES string of the molecule is O=C(O)/C(N=Nc1ccccc1)=C(\O)c1cc(CN2CCOCC2)sc1Cl. The Labute approximate surface area is 165 Å². The lowest BCUT2D eigenvalue weighted by atomic mass is 10.2. The van der Waals surface area contributed by atoms with Gasteiger partial charge in [0.15, 0.2) is 5.76 Å². The van der Waals surface area contributed by atoms with Crippen molar-refractivity contribution in [2.45, 2.75) is 6.54 Å². The first kappa shape index (κ1) is 19.5. The molecule has 1 aromatic heterocycles. The highest BCUT2D eigenvalue weighted by molar-refractivity contribution is 7.16. The molecule has 0 amide bonds. The molecule has 0 atom stereocenters. The third-order valence-electron chi connectivity index (χ3n) is 3.92. The highest BCUT2D eigenvalue weighted by atomic mass is 35.5. The number of aliphatic hydroxyl groups is 1. The third-order valence-corrected chi connectivity index (χ3v) is 5.27. The normalized spacial score (nSPS) is 16.5. The maximum atomic E-state index is 11.5.